The van der Waals surface area contributed by atoms with Crippen molar-refractivity contribution in [2.24, 2.45) is 0 Å². The third-order valence-electron chi connectivity index (χ3n) is 2.27. The van der Waals surface area contributed by atoms with E-state index in [2.05, 4.69) is 25.9 Å². The number of aromatic amines is 1. The molecule has 1 aromatic heterocycles. The highest BCUT2D eigenvalue weighted by Crippen LogP contribution is 2.19. The summed E-state index contributed by atoms with van der Waals surface area (Å²) in [6, 6.07) is 7.46. The van der Waals surface area contributed by atoms with Crippen LogP contribution >= 0.6 is 0 Å². The number of benzene rings is 1. The summed E-state index contributed by atoms with van der Waals surface area (Å²) < 4.78 is 0. The zero-order chi connectivity index (χ0) is 11.4. The van der Waals surface area contributed by atoms with Gasteiger partial charge in [0.1, 0.15) is 0 Å². The largest absolute Gasteiger partial charge is 0.387 e. The standard InChI is InChI=1S/C10H13N5O/c1-11-6-9(16)7-3-2-4-8(5-7)10-12-14-15-13-10/h2-5,9,11,16H,6H2,1H3,(H,12,13,14,15). The summed E-state index contributed by atoms with van der Waals surface area (Å²) in [7, 11) is 1.80. The first-order chi connectivity index (χ1) is 7.81. The number of tetrazole rings is 1. The summed E-state index contributed by atoms with van der Waals surface area (Å²) in [6.07, 6.45) is -0.531. The summed E-state index contributed by atoms with van der Waals surface area (Å²) in [5.41, 5.74) is 1.66. The van der Waals surface area contributed by atoms with Crippen molar-refractivity contribution in [3.63, 3.8) is 0 Å². The van der Waals surface area contributed by atoms with Crippen LogP contribution in [0.1, 0.15) is 11.7 Å². The highest BCUT2D eigenvalue weighted by molar-refractivity contribution is 5.55. The molecule has 0 spiro atoms. The Morgan fingerprint density at radius 2 is 2.38 bits per heavy atom. The van der Waals surface area contributed by atoms with Crippen molar-refractivity contribution in [3.8, 4) is 11.4 Å². The summed E-state index contributed by atoms with van der Waals surface area (Å²) >= 11 is 0. The number of hydrogen-bond donors (Lipinski definition) is 3. The molecule has 3 N–H and O–H groups in total. The van der Waals surface area contributed by atoms with E-state index in [1.807, 2.05) is 24.3 Å². The Bertz CT molecular complexity index is 442. The van der Waals surface area contributed by atoms with Crippen LogP contribution in [0.15, 0.2) is 24.3 Å². The molecule has 0 saturated carbocycles. The van der Waals surface area contributed by atoms with Gasteiger partial charge >= 0.3 is 0 Å². The Morgan fingerprint density at radius 1 is 1.50 bits per heavy atom. The predicted octanol–water partition coefficient (Wildman–Crippen LogP) is 0.119. The molecule has 0 fully saturated rings. The molecule has 6 nitrogen and oxygen atoms in total. The number of likely N-dealkylation sites (N-methyl/N-ethyl adjacent to an activating group) is 1. The van der Waals surface area contributed by atoms with Crippen molar-refractivity contribution in [1.29, 1.82) is 0 Å². The average molecular weight is 219 g/mol. The number of aliphatic hydroxyl groups is 1. The van der Waals surface area contributed by atoms with E-state index in [-0.39, 0.29) is 0 Å². The zero-order valence-electron chi connectivity index (χ0n) is 8.88. The van der Waals surface area contributed by atoms with Gasteiger partial charge in [-0.05, 0) is 23.9 Å². The van der Waals surface area contributed by atoms with Gasteiger partial charge in [0.05, 0.1) is 6.10 Å². The Morgan fingerprint density at radius 3 is 3.06 bits per heavy atom. The van der Waals surface area contributed by atoms with E-state index in [1.54, 1.807) is 7.05 Å². The van der Waals surface area contributed by atoms with Crippen LogP contribution in [0.5, 0.6) is 0 Å². The van der Waals surface area contributed by atoms with E-state index in [9.17, 15) is 5.11 Å². The molecule has 1 atom stereocenters. The Labute approximate surface area is 92.7 Å². The molecular formula is C10H13N5O. The van der Waals surface area contributed by atoms with Crippen LogP contribution in [0, 0.1) is 0 Å². The molecule has 16 heavy (non-hydrogen) atoms. The molecular weight excluding hydrogens is 206 g/mol. The van der Waals surface area contributed by atoms with E-state index in [4.69, 9.17) is 0 Å². The van der Waals surface area contributed by atoms with Gasteiger partial charge in [0.2, 0.25) is 5.82 Å². The van der Waals surface area contributed by atoms with Gasteiger partial charge in [0.15, 0.2) is 0 Å². The highest BCUT2D eigenvalue weighted by Gasteiger charge is 2.09. The molecule has 2 rings (SSSR count). The van der Waals surface area contributed by atoms with Crippen molar-refractivity contribution < 1.29 is 5.11 Å². The first-order valence-electron chi connectivity index (χ1n) is 4.97. The van der Waals surface area contributed by atoms with E-state index in [0.29, 0.717) is 12.4 Å². The van der Waals surface area contributed by atoms with Gasteiger partial charge in [-0.3, -0.25) is 0 Å². The monoisotopic (exact) mass is 219 g/mol. The van der Waals surface area contributed by atoms with Gasteiger partial charge in [-0.25, -0.2) is 0 Å². The summed E-state index contributed by atoms with van der Waals surface area (Å²) in [6.45, 7) is 0.510. The molecule has 1 aromatic carbocycles. The van der Waals surface area contributed by atoms with Crippen LogP contribution in [-0.4, -0.2) is 39.3 Å². The van der Waals surface area contributed by atoms with Crippen LogP contribution in [0.2, 0.25) is 0 Å². The SMILES string of the molecule is CNCC(O)c1cccc(-c2nn[nH]n2)c1. The molecule has 2 aromatic rings. The van der Waals surface area contributed by atoms with Gasteiger partial charge < -0.3 is 10.4 Å². The molecule has 0 saturated heterocycles. The average Bonchev–Trinajstić information content (AvgIpc) is 2.83. The molecule has 1 unspecified atom stereocenters. The Hall–Kier alpha value is -1.79. The molecule has 0 aliphatic rings. The van der Waals surface area contributed by atoms with Crippen molar-refractivity contribution in [3.05, 3.63) is 29.8 Å². The lowest BCUT2D eigenvalue weighted by atomic mass is 10.1. The minimum atomic E-state index is -0.531. The Balaban J connectivity index is 2.26. The number of nitrogens with one attached hydrogen (secondary N) is 2. The fourth-order valence-corrected chi connectivity index (χ4v) is 1.48. The predicted molar refractivity (Wildman–Crippen MR) is 58.5 cm³/mol. The Kier molecular flexibility index (Phi) is 3.23. The fraction of sp³-hybridized carbons (Fsp3) is 0.300. The van der Waals surface area contributed by atoms with Gasteiger partial charge in [-0.2, -0.15) is 5.21 Å². The lowest BCUT2D eigenvalue weighted by Crippen LogP contribution is -2.16. The van der Waals surface area contributed by atoms with Crippen LogP contribution in [0.4, 0.5) is 0 Å². The van der Waals surface area contributed by atoms with Crippen molar-refractivity contribution >= 4 is 0 Å². The van der Waals surface area contributed by atoms with Crippen LogP contribution < -0.4 is 5.32 Å². The van der Waals surface area contributed by atoms with E-state index < -0.39 is 6.10 Å². The first kappa shape index (κ1) is 10.7. The van der Waals surface area contributed by atoms with Crippen LogP contribution in [0.3, 0.4) is 0 Å². The second-order valence-corrected chi connectivity index (χ2v) is 3.43. The minimum absolute atomic E-state index is 0.510. The van der Waals surface area contributed by atoms with Gasteiger partial charge in [-0.15, -0.1) is 10.2 Å². The molecule has 0 aliphatic heterocycles. The molecule has 1 heterocycles. The summed E-state index contributed by atoms with van der Waals surface area (Å²) in [5.74, 6) is 0.526. The van der Waals surface area contributed by atoms with Crippen LogP contribution in [0.25, 0.3) is 11.4 Å². The molecule has 0 aliphatic carbocycles. The lowest BCUT2D eigenvalue weighted by molar-refractivity contribution is 0.178. The quantitative estimate of drug-likeness (QED) is 0.680. The van der Waals surface area contributed by atoms with Gasteiger partial charge in [0.25, 0.3) is 0 Å². The van der Waals surface area contributed by atoms with Crippen molar-refractivity contribution in [2.75, 3.05) is 13.6 Å². The third kappa shape index (κ3) is 2.23. The number of nitrogens with zero attached hydrogens (tertiary/aromatic N) is 3. The lowest BCUT2D eigenvalue weighted by Gasteiger charge is -2.10. The summed E-state index contributed by atoms with van der Waals surface area (Å²) in [5, 5.41) is 26.4. The van der Waals surface area contributed by atoms with E-state index in [0.717, 1.165) is 11.1 Å². The normalized spacial score (nSPS) is 12.6. The number of aromatic nitrogens is 4. The maximum absolute atomic E-state index is 9.82. The first-order valence-corrected chi connectivity index (χ1v) is 4.97. The molecule has 0 bridgehead atoms. The molecule has 6 heteroatoms. The third-order valence-corrected chi connectivity index (χ3v) is 2.27. The highest BCUT2D eigenvalue weighted by atomic mass is 16.3. The molecule has 84 valence electrons. The van der Waals surface area contributed by atoms with E-state index in [1.165, 1.54) is 0 Å². The minimum Gasteiger partial charge on any atom is -0.387 e. The summed E-state index contributed by atoms with van der Waals surface area (Å²) in [4.78, 5) is 0. The van der Waals surface area contributed by atoms with Crippen LogP contribution in [-0.2, 0) is 0 Å². The fourth-order valence-electron chi connectivity index (χ4n) is 1.48. The molecule has 0 amide bonds. The second-order valence-electron chi connectivity index (χ2n) is 3.43. The van der Waals surface area contributed by atoms with Gasteiger partial charge in [0, 0.05) is 12.1 Å². The number of hydrogen-bond acceptors (Lipinski definition) is 5. The number of rotatable bonds is 4. The number of H-pyrrole nitrogens is 1. The second kappa shape index (κ2) is 4.82. The van der Waals surface area contributed by atoms with Crippen molar-refractivity contribution in [2.45, 2.75) is 6.10 Å². The van der Waals surface area contributed by atoms with E-state index >= 15 is 0 Å². The number of aliphatic hydroxyl groups excluding tert-OH is 1. The van der Waals surface area contributed by atoms with Crippen molar-refractivity contribution in [1.82, 2.24) is 25.9 Å². The smallest absolute Gasteiger partial charge is 0.204 e. The topological polar surface area (TPSA) is 86.7 Å². The zero-order valence-corrected chi connectivity index (χ0v) is 8.88. The maximum Gasteiger partial charge on any atom is 0.204 e. The molecule has 0 radical (unpaired) electrons. The van der Waals surface area contributed by atoms with Gasteiger partial charge in [-0.1, -0.05) is 18.2 Å². The maximum atomic E-state index is 9.82.